The Morgan fingerprint density at radius 1 is 1.02 bits per heavy atom. The number of rotatable bonds is 13. The van der Waals surface area contributed by atoms with Crippen molar-refractivity contribution in [2.45, 2.75) is 65.0 Å². The molecule has 2 aliphatic heterocycles. The highest BCUT2D eigenvalue weighted by molar-refractivity contribution is 5.99. The van der Waals surface area contributed by atoms with E-state index in [0.717, 1.165) is 88.4 Å². The van der Waals surface area contributed by atoms with Gasteiger partial charge in [-0.25, -0.2) is 4.39 Å². The zero-order valence-corrected chi connectivity index (χ0v) is 24.6. The van der Waals surface area contributed by atoms with Crippen LogP contribution >= 0.6 is 0 Å². The highest BCUT2D eigenvalue weighted by Gasteiger charge is 2.35. The van der Waals surface area contributed by atoms with Gasteiger partial charge in [0.1, 0.15) is 18.1 Å². The molecule has 1 saturated carbocycles. The minimum atomic E-state index is -0.507. The Morgan fingerprint density at radius 2 is 1.80 bits per heavy atom. The molecule has 3 aliphatic rings. The standard InChI is InChI=1S/C33H45FN2O5/c1-3-4-17-40-30-13-12-27-23-36(33(37)31(27)32(30)34)22-25-8-10-26(11-9-25)24(2)41-29-7-5-6-28(21-29)39-20-16-35-14-18-38-19-15-35/h5-7,12-13,21,24-26H,3-4,8-11,14-20,22-23H2,1-2H3/t24?,25-,26-. The fraction of sp³-hybridized carbons (Fsp3) is 0.606. The third-order valence-electron chi connectivity index (χ3n) is 8.75. The van der Waals surface area contributed by atoms with E-state index in [1.807, 2.05) is 35.2 Å². The zero-order valence-electron chi connectivity index (χ0n) is 24.6. The van der Waals surface area contributed by atoms with Crippen molar-refractivity contribution in [1.82, 2.24) is 9.80 Å². The molecule has 2 aromatic carbocycles. The number of hydrogen-bond acceptors (Lipinski definition) is 6. The van der Waals surface area contributed by atoms with Gasteiger partial charge in [0.2, 0.25) is 0 Å². The van der Waals surface area contributed by atoms with Crippen LogP contribution in [-0.4, -0.2) is 74.4 Å². The lowest BCUT2D eigenvalue weighted by Crippen LogP contribution is -2.38. The van der Waals surface area contributed by atoms with E-state index < -0.39 is 5.82 Å². The smallest absolute Gasteiger partial charge is 0.257 e. The maximum absolute atomic E-state index is 15.1. The second-order valence-electron chi connectivity index (χ2n) is 11.7. The van der Waals surface area contributed by atoms with Crippen molar-refractivity contribution in [2.24, 2.45) is 11.8 Å². The maximum Gasteiger partial charge on any atom is 0.257 e. The Labute approximate surface area is 243 Å². The summed E-state index contributed by atoms with van der Waals surface area (Å²) < 4.78 is 38.4. The van der Waals surface area contributed by atoms with Gasteiger partial charge in [-0.1, -0.05) is 25.5 Å². The number of amides is 1. The molecule has 1 aliphatic carbocycles. The molecule has 1 atom stereocenters. The lowest BCUT2D eigenvalue weighted by Gasteiger charge is -2.34. The Kier molecular flexibility index (Phi) is 10.4. The number of unbranched alkanes of at least 4 members (excludes halogenated alkanes) is 1. The van der Waals surface area contributed by atoms with Gasteiger partial charge in [-0.05, 0) is 74.6 Å². The summed E-state index contributed by atoms with van der Waals surface area (Å²) in [4.78, 5) is 17.3. The van der Waals surface area contributed by atoms with E-state index in [-0.39, 0.29) is 23.3 Å². The third-order valence-corrected chi connectivity index (χ3v) is 8.75. The average molecular weight is 569 g/mol. The fourth-order valence-electron chi connectivity index (χ4n) is 6.20. The number of carbonyl (C=O) groups is 1. The molecule has 2 heterocycles. The van der Waals surface area contributed by atoms with Crippen LogP contribution in [-0.2, 0) is 11.3 Å². The van der Waals surface area contributed by atoms with Crippen molar-refractivity contribution in [2.75, 3.05) is 52.6 Å². The summed E-state index contributed by atoms with van der Waals surface area (Å²) in [6.07, 6.45) is 6.12. The lowest BCUT2D eigenvalue weighted by molar-refractivity contribution is 0.0322. The van der Waals surface area contributed by atoms with E-state index in [4.69, 9.17) is 18.9 Å². The summed E-state index contributed by atoms with van der Waals surface area (Å²) in [6, 6.07) is 11.5. The zero-order chi connectivity index (χ0) is 28.6. The number of nitrogens with zero attached hydrogens (tertiary/aromatic N) is 2. The highest BCUT2D eigenvalue weighted by Crippen LogP contribution is 2.36. The highest BCUT2D eigenvalue weighted by atomic mass is 19.1. The molecule has 0 aromatic heterocycles. The largest absolute Gasteiger partial charge is 0.492 e. The van der Waals surface area contributed by atoms with Crippen molar-refractivity contribution >= 4 is 5.91 Å². The number of carbonyl (C=O) groups excluding carboxylic acids is 1. The molecule has 2 aromatic rings. The minimum absolute atomic E-state index is 0.0949. The van der Waals surface area contributed by atoms with Crippen LogP contribution in [0.25, 0.3) is 0 Å². The van der Waals surface area contributed by atoms with Gasteiger partial charge in [0, 0.05) is 38.8 Å². The predicted octanol–water partition coefficient (Wildman–Crippen LogP) is 5.95. The van der Waals surface area contributed by atoms with E-state index >= 15 is 4.39 Å². The van der Waals surface area contributed by atoms with Crippen LogP contribution < -0.4 is 14.2 Å². The SMILES string of the molecule is CCCCOc1ccc2c(c1F)C(=O)N(C[C@H]1CC[C@H](C(C)Oc3cccc(OCCN4CCOCC4)c3)CC1)C2. The molecule has 5 rings (SSSR count). The van der Waals surface area contributed by atoms with Gasteiger partial charge in [-0.15, -0.1) is 0 Å². The fourth-order valence-corrected chi connectivity index (χ4v) is 6.20. The topological polar surface area (TPSA) is 60.5 Å². The molecule has 2 fully saturated rings. The van der Waals surface area contributed by atoms with Crippen molar-refractivity contribution in [3.05, 3.63) is 53.3 Å². The van der Waals surface area contributed by atoms with Gasteiger partial charge in [0.05, 0.1) is 31.5 Å². The summed E-state index contributed by atoms with van der Waals surface area (Å²) in [5.74, 6) is 2.03. The number of halogens is 1. The minimum Gasteiger partial charge on any atom is -0.492 e. The molecule has 0 radical (unpaired) electrons. The lowest BCUT2D eigenvalue weighted by atomic mass is 9.79. The van der Waals surface area contributed by atoms with Crippen molar-refractivity contribution in [3.63, 3.8) is 0 Å². The Balaban J connectivity index is 1.06. The number of ether oxygens (including phenoxy) is 4. The van der Waals surface area contributed by atoms with Crippen LogP contribution in [0.15, 0.2) is 36.4 Å². The number of morpholine rings is 1. The first-order valence-electron chi connectivity index (χ1n) is 15.4. The van der Waals surface area contributed by atoms with Crippen molar-refractivity contribution < 1.29 is 28.1 Å². The summed E-state index contributed by atoms with van der Waals surface area (Å²) >= 11 is 0. The second kappa shape index (κ2) is 14.4. The van der Waals surface area contributed by atoms with E-state index in [0.29, 0.717) is 38.1 Å². The van der Waals surface area contributed by atoms with Crippen LogP contribution in [0, 0.1) is 17.7 Å². The molecule has 7 nitrogen and oxygen atoms in total. The molecule has 1 unspecified atom stereocenters. The molecular weight excluding hydrogens is 523 g/mol. The van der Waals surface area contributed by atoms with Gasteiger partial charge < -0.3 is 23.8 Å². The number of fused-ring (bicyclic) bond motifs is 1. The Bertz CT molecular complexity index is 1150. The average Bonchev–Trinajstić information content (AvgIpc) is 3.30. The molecule has 1 saturated heterocycles. The molecular formula is C33H45FN2O5. The van der Waals surface area contributed by atoms with E-state index in [2.05, 4.69) is 18.7 Å². The monoisotopic (exact) mass is 568 g/mol. The number of benzene rings is 2. The third kappa shape index (κ3) is 7.72. The van der Waals surface area contributed by atoms with Crippen LogP contribution in [0.5, 0.6) is 17.2 Å². The van der Waals surface area contributed by atoms with Gasteiger partial charge in [-0.2, -0.15) is 0 Å². The Morgan fingerprint density at radius 3 is 2.59 bits per heavy atom. The quantitative estimate of drug-likeness (QED) is 0.279. The van der Waals surface area contributed by atoms with Gasteiger partial charge >= 0.3 is 0 Å². The normalized spacial score (nSPS) is 21.9. The predicted molar refractivity (Wildman–Crippen MR) is 156 cm³/mol. The van der Waals surface area contributed by atoms with Crippen LogP contribution in [0.4, 0.5) is 4.39 Å². The summed E-state index contributed by atoms with van der Waals surface area (Å²) in [6.45, 7) is 10.9. The first-order valence-corrected chi connectivity index (χ1v) is 15.4. The maximum atomic E-state index is 15.1. The van der Waals surface area contributed by atoms with Crippen molar-refractivity contribution in [1.29, 1.82) is 0 Å². The van der Waals surface area contributed by atoms with Crippen LogP contribution in [0.3, 0.4) is 0 Å². The molecule has 0 spiro atoms. The molecule has 1 amide bonds. The first-order chi connectivity index (χ1) is 20.0. The molecule has 224 valence electrons. The molecule has 41 heavy (non-hydrogen) atoms. The summed E-state index contributed by atoms with van der Waals surface area (Å²) in [5, 5.41) is 0. The van der Waals surface area contributed by atoms with Crippen LogP contribution in [0.2, 0.25) is 0 Å². The van der Waals surface area contributed by atoms with E-state index in [1.165, 1.54) is 0 Å². The van der Waals surface area contributed by atoms with Gasteiger partial charge in [0.15, 0.2) is 11.6 Å². The number of hydrogen-bond donors (Lipinski definition) is 0. The summed E-state index contributed by atoms with van der Waals surface area (Å²) in [5.41, 5.74) is 0.959. The first kappa shape index (κ1) is 29.6. The summed E-state index contributed by atoms with van der Waals surface area (Å²) in [7, 11) is 0. The molecule has 0 bridgehead atoms. The van der Waals surface area contributed by atoms with E-state index in [1.54, 1.807) is 6.07 Å². The van der Waals surface area contributed by atoms with E-state index in [9.17, 15) is 4.79 Å². The van der Waals surface area contributed by atoms with Gasteiger partial charge in [-0.3, -0.25) is 9.69 Å². The van der Waals surface area contributed by atoms with Gasteiger partial charge in [0.25, 0.3) is 5.91 Å². The molecule has 8 heteroatoms. The van der Waals surface area contributed by atoms with Crippen molar-refractivity contribution in [3.8, 4) is 17.2 Å². The second-order valence-corrected chi connectivity index (χ2v) is 11.7. The Hall–Kier alpha value is -2.84. The van der Waals surface area contributed by atoms with Crippen LogP contribution in [0.1, 0.15) is 68.3 Å². The molecule has 0 N–H and O–H groups in total.